The highest BCUT2D eigenvalue weighted by molar-refractivity contribution is 6.99. The SMILES string of the molecule is CC(C)(C)OC(=O)NCC(=O)CCO[Si](c1ccccc1)(c1ccccc1)C(C)(C)C. The number of carbonyl (C=O) groups excluding carboxylic acids is 2. The predicted molar refractivity (Wildman–Crippen MR) is 127 cm³/mol. The lowest BCUT2D eigenvalue weighted by Gasteiger charge is -2.43. The Morgan fingerprint density at radius 2 is 1.32 bits per heavy atom. The van der Waals surface area contributed by atoms with Crippen molar-refractivity contribution in [3.8, 4) is 0 Å². The molecule has 0 aliphatic carbocycles. The molecule has 0 fully saturated rings. The molecule has 2 aromatic carbocycles. The largest absolute Gasteiger partial charge is 0.444 e. The van der Waals surface area contributed by atoms with Gasteiger partial charge in [0, 0.05) is 13.0 Å². The minimum atomic E-state index is -2.66. The third kappa shape index (κ3) is 6.77. The monoisotopic (exact) mass is 441 g/mol. The topological polar surface area (TPSA) is 64.6 Å². The lowest BCUT2D eigenvalue weighted by atomic mass is 10.2. The molecule has 0 unspecified atom stereocenters. The Balaban J connectivity index is 2.15. The lowest BCUT2D eigenvalue weighted by molar-refractivity contribution is -0.118. The van der Waals surface area contributed by atoms with E-state index >= 15 is 0 Å². The molecule has 0 bridgehead atoms. The molecule has 0 aliphatic rings. The van der Waals surface area contributed by atoms with E-state index in [0.717, 1.165) is 0 Å². The zero-order valence-corrected chi connectivity index (χ0v) is 20.5. The van der Waals surface area contributed by atoms with Crippen molar-refractivity contribution < 1.29 is 18.8 Å². The maximum Gasteiger partial charge on any atom is 0.408 e. The summed E-state index contributed by atoms with van der Waals surface area (Å²) in [5, 5.41) is 4.73. The average molecular weight is 442 g/mol. The number of amides is 1. The van der Waals surface area contributed by atoms with Gasteiger partial charge < -0.3 is 14.5 Å². The number of carbonyl (C=O) groups is 2. The van der Waals surface area contributed by atoms with Crippen LogP contribution in [0.4, 0.5) is 4.79 Å². The van der Waals surface area contributed by atoms with Crippen molar-refractivity contribution in [1.29, 1.82) is 0 Å². The molecule has 0 spiro atoms. The second-order valence-electron chi connectivity index (χ2n) is 9.66. The van der Waals surface area contributed by atoms with Crippen LogP contribution in [0.2, 0.25) is 5.04 Å². The number of nitrogens with one attached hydrogen (secondary N) is 1. The summed E-state index contributed by atoms with van der Waals surface area (Å²) in [5.74, 6) is -0.0937. The van der Waals surface area contributed by atoms with Gasteiger partial charge in [-0.3, -0.25) is 4.79 Å². The first-order chi connectivity index (χ1) is 14.5. The number of benzene rings is 2. The minimum Gasteiger partial charge on any atom is -0.444 e. The molecule has 168 valence electrons. The number of alkyl carbamates (subject to hydrolysis) is 1. The van der Waals surface area contributed by atoms with Crippen LogP contribution in [0.3, 0.4) is 0 Å². The first kappa shape index (κ1) is 24.8. The molecule has 1 amide bonds. The van der Waals surface area contributed by atoms with Gasteiger partial charge in [-0.15, -0.1) is 0 Å². The first-order valence-electron chi connectivity index (χ1n) is 10.7. The second-order valence-corrected chi connectivity index (χ2v) is 14.0. The van der Waals surface area contributed by atoms with Gasteiger partial charge in [-0.1, -0.05) is 81.4 Å². The summed E-state index contributed by atoms with van der Waals surface area (Å²) >= 11 is 0. The Bertz CT molecular complexity index is 815. The molecule has 0 atom stereocenters. The normalized spacial score (nSPS) is 12.3. The summed E-state index contributed by atoms with van der Waals surface area (Å²) in [7, 11) is -2.66. The summed E-state index contributed by atoms with van der Waals surface area (Å²) < 4.78 is 11.9. The fourth-order valence-corrected chi connectivity index (χ4v) is 8.22. The van der Waals surface area contributed by atoms with Gasteiger partial charge in [-0.25, -0.2) is 4.79 Å². The Morgan fingerprint density at radius 1 is 0.839 bits per heavy atom. The van der Waals surface area contributed by atoms with Gasteiger partial charge in [-0.05, 0) is 36.2 Å². The van der Waals surface area contributed by atoms with Crippen molar-refractivity contribution in [3.63, 3.8) is 0 Å². The van der Waals surface area contributed by atoms with Crippen molar-refractivity contribution in [2.75, 3.05) is 13.2 Å². The molecule has 0 saturated carbocycles. The fraction of sp³-hybridized carbons (Fsp3) is 0.440. The Labute approximate surface area is 187 Å². The van der Waals surface area contributed by atoms with Crippen LogP contribution in [0.15, 0.2) is 60.7 Å². The molecule has 0 heterocycles. The zero-order valence-electron chi connectivity index (χ0n) is 19.5. The predicted octanol–water partition coefficient (Wildman–Crippen LogP) is 4.05. The van der Waals surface area contributed by atoms with Crippen LogP contribution < -0.4 is 15.7 Å². The van der Waals surface area contributed by atoms with Crippen LogP contribution in [0.5, 0.6) is 0 Å². The van der Waals surface area contributed by atoms with Gasteiger partial charge in [0.2, 0.25) is 0 Å². The van der Waals surface area contributed by atoms with Crippen molar-refractivity contribution in [1.82, 2.24) is 5.32 Å². The van der Waals surface area contributed by atoms with E-state index < -0.39 is 20.0 Å². The number of ether oxygens (including phenoxy) is 1. The summed E-state index contributed by atoms with van der Waals surface area (Å²) in [5.41, 5.74) is -0.598. The van der Waals surface area contributed by atoms with Crippen molar-refractivity contribution >= 4 is 30.6 Å². The fourth-order valence-electron chi connectivity index (χ4n) is 3.65. The number of ketones is 1. The summed E-state index contributed by atoms with van der Waals surface area (Å²) in [6, 6.07) is 20.6. The summed E-state index contributed by atoms with van der Waals surface area (Å²) in [6.07, 6.45) is -0.367. The quantitative estimate of drug-likeness (QED) is 0.628. The van der Waals surface area contributed by atoms with E-state index in [1.54, 1.807) is 20.8 Å². The van der Waals surface area contributed by atoms with Gasteiger partial charge >= 0.3 is 6.09 Å². The van der Waals surface area contributed by atoms with Gasteiger partial charge in [0.1, 0.15) is 5.60 Å². The average Bonchev–Trinajstić information content (AvgIpc) is 2.69. The van der Waals surface area contributed by atoms with Crippen LogP contribution in [0.1, 0.15) is 48.0 Å². The van der Waals surface area contributed by atoms with E-state index in [4.69, 9.17) is 9.16 Å². The summed E-state index contributed by atoms with van der Waals surface area (Å²) in [4.78, 5) is 24.2. The lowest BCUT2D eigenvalue weighted by Crippen LogP contribution is -2.66. The van der Waals surface area contributed by atoms with Crippen LogP contribution in [0.25, 0.3) is 0 Å². The minimum absolute atomic E-state index is 0.0704. The van der Waals surface area contributed by atoms with E-state index in [0.29, 0.717) is 6.61 Å². The molecule has 1 N–H and O–H groups in total. The second kappa shape index (κ2) is 10.2. The third-order valence-corrected chi connectivity index (χ3v) is 9.99. The highest BCUT2D eigenvalue weighted by Crippen LogP contribution is 2.36. The van der Waals surface area contributed by atoms with Gasteiger partial charge in [0.05, 0.1) is 6.54 Å². The van der Waals surface area contributed by atoms with E-state index in [1.165, 1.54) is 10.4 Å². The van der Waals surface area contributed by atoms with Gasteiger partial charge in [0.15, 0.2) is 5.78 Å². The molecular weight excluding hydrogens is 406 g/mol. The number of Topliss-reactive ketones (excluding diaryl/α,β-unsaturated/α-hetero) is 1. The van der Waals surface area contributed by atoms with Crippen LogP contribution >= 0.6 is 0 Å². The maximum atomic E-state index is 12.4. The van der Waals surface area contributed by atoms with Crippen molar-refractivity contribution in [3.05, 3.63) is 60.7 Å². The zero-order chi connectivity index (χ0) is 23.1. The smallest absolute Gasteiger partial charge is 0.408 e. The number of hydrogen-bond acceptors (Lipinski definition) is 4. The van der Waals surface area contributed by atoms with E-state index in [-0.39, 0.29) is 23.8 Å². The molecule has 5 nitrogen and oxygen atoms in total. The molecule has 2 rings (SSSR count). The standard InChI is InChI=1S/C25H35NO4Si/c1-24(2,3)30-23(28)26-19-20(27)17-18-29-31(25(4,5)6,21-13-9-7-10-14-21)22-15-11-8-12-16-22/h7-16H,17-19H2,1-6H3,(H,26,28). The molecular formula is C25H35NO4Si. The Hall–Kier alpha value is -2.44. The van der Waals surface area contributed by atoms with Crippen molar-refractivity contribution in [2.24, 2.45) is 0 Å². The van der Waals surface area contributed by atoms with Crippen LogP contribution in [-0.4, -0.2) is 38.9 Å². The highest BCUT2D eigenvalue weighted by Gasteiger charge is 2.50. The number of hydrogen-bond donors (Lipinski definition) is 1. The van der Waals surface area contributed by atoms with Crippen LogP contribution in [0, 0.1) is 0 Å². The maximum absolute atomic E-state index is 12.4. The molecule has 2 aromatic rings. The molecule has 0 aromatic heterocycles. The summed E-state index contributed by atoms with van der Waals surface area (Å²) in [6.45, 7) is 12.2. The van der Waals surface area contributed by atoms with E-state index in [1.807, 2.05) is 36.4 Å². The third-order valence-electron chi connectivity index (χ3n) is 4.95. The number of rotatable bonds is 8. The Morgan fingerprint density at radius 3 is 1.74 bits per heavy atom. The van der Waals surface area contributed by atoms with E-state index in [2.05, 4.69) is 50.4 Å². The molecule has 0 saturated heterocycles. The van der Waals surface area contributed by atoms with E-state index in [9.17, 15) is 9.59 Å². The molecule has 6 heteroatoms. The van der Waals surface area contributed by atoms with Gasteiger partial charge in [-0.2, -0.15) is 0 Å². The molecule has 0 aliphatic heterocycles. The van der Waals surface area contributed by atoms with Crippen molar-refractivity contribution in [2.45, 2.75) is 58.6 Å². The van der Waals surface area contributed by atoms with Crippen LogP contribution in [-0.2, 0) is 14.0 Å². The van der Waals surface area contributed by atoms with Gasteiger partial charge in [0.25, 0.3) is 8.32 Å². The first-order valence-corrected chi connectivity index (χ1v) is 12.6. The highest BCUT2D eigenvalue weighted by atomic mass is 28.4. The Kier molecular flexibility index (Phi) is 8.20. The molecule has 31 heavy (non-hydrogen) atoms. The molecule has 0 radical (unpaired) electrons.